The summed E-state index contributed by atoms with van der Waals surface area (Å²) in [6.07, 6.45) is 3.58. The van der Waals surface area contributed by atoms with E-state index in [0.717, 1.165) is 51.3 Å². The first-order valence-corrected chi connectivity index (χ1v) is 10.7. The van der Waals surface area contributed by atoms with Crippen molar-refractivity contribution in [3.8, 4) is 17.2 Å². The summed E-state index contributed by atoms with van der Waals surface area (Å²) in [5, 5.41) is 9.85. The highest BCUT2D eigenvalue weighted by Gasteiger charge is 2.19. The van der Waals surface area contributed by atoms with Crippen molar-refractivity contribution in [2.75, 3.05) is 51.3 Å². The van der Waals surface area contributed by atoms with E-state index < -0.39 is 0 Å². The van der Waals surface area contributed by atoms with E-state index in [1.165, 1.54) is 5.69 Å². The van der Waals surface area contributed by atoms with Crippen LogP contribution in [-0.4, -0.2) is 67.4 Å². The number of anilines is 1. The van der Waals surface area contributed by atoms with Gasteiger partial charge in [-0.3, -0.25) is 14.8 Å². The van der Waals surface area contributed by atoms with Crippen molar-refractivity contribution in [1.82, 2.24) is 20.4 Å². The number of aromatic amines is 1. The van der Waals surface area contributed by atoms with Crippen LogP contribution in [0.2, 0.25) is 0 Å². The van der Waals surface area contributed by atoms with Crippen LogP contribution in [0.4, 0.5) is 5.69 Å². The van der Waals surface area contributed by atoms with Gasteiger partial charge in [-0.2, -0.15) is 5.10 Å². The maximum atomic E-state index is 12.3. The van der Waals surface area contributed by atoms with E-state index in [1.54, 1.807) is 25.5 Å². The van der Waals surface area contributed by atoms with Gasteiger partial charge in [-0.1, -0.05) is 12.1 Å². The van der Waals surface area contributed by atoms with Gasteiger partial charge >= 0.3 is 0 Å². The fourth-order valence-corrected chi connectivity index (χ4v) is 3.85. The highest BCUT2D eigenvalue weighted by molar-refractivity contribution is 5.93. The summed E-state index contributed by atoms with van der Waals surface area (Å²) in [6, 6.07) is 13.5. The molecule has 1 fully saturated rings. The minimum Gasteiger partial charge on any atom is -0.495 e. The largest absolute Gasteiger partial charge is 0.495 e. The van der Waals surface area contributed by atoms with E-state index in [0.29, 0.717) is 23.7 Å². The molecule has 0 radical (unpaired) electrons. The second kappa shape index (κ2) is 10.2. The van der Waals surface area contributed by atoms with Gasteiger partial charge in [0.05, 0.1) is 19.1 Å². The number of nitrogens with zero attached hydrogens (tertiary/aromatic N) is 3. The number of hydrogen-bond acceptors (Lipinski definition) is 6. The first kappa shape index (κ1) is 21.0. The van der Waals surface area contributed by atoms with Gasteiger partial charge in [0.25, 0.3) is 5.91 Å². The summed E-state index contributed by atoms with van der Waals surface area (Å²) in [7, 11) is 1.72. The maximum Gasteiger partial charge on any atom is 0.271 e. The SMILES string of the molecule is COc1ccccc1N1CCN(CCCCNC(=O)c2cc(-c3ccco3)[nH]n2)CC1. The molecule has 0 spiro atoms. The van der Waals surface area contributed by atoms with Gasteiger partial charge < -0.3 is 19.4 Å². The number of ether oxygens (including phenoxy) is 1. The lowest BCUT2D eigenvalue weighted by Crippen LogP contribution is -2.46. The zero-order valence-corrected chi connectivity index (χ0v) is 17.8. The molecule has 2 aromatic heterocycles. The van der Waals surface area contributed by atoms with Crippen LogP contribution in [0.15, 0.2) is 53.1 Å². The molecule has 0 bridgehead atoms. The molecule has 0 saturated carbocycles. The van der Waals surface area contributed by atoms with Crippen molar-refractivity contribution in [3.05, 3.63) is 54.4 Å². The van der Waals surface area contributed by atoms with Crippen LogP contribution in [0.5, 0.6) is 5.75 Å². The lowest BCUT2D eigenvalue weighted by atomic mass is 10.2. The van der Waals surface area contributed by atoms with Crippen LogP contribution in [0.25, 0.3) is 11.5 Å². The smallest absolute Gasteiger partial charge is 0.271 e. The summed E-state index contributed by atoms with van der Waals surface area (Å²) >= 11 is 0. The Morgan fingerprint density at radius 2 is 2.00 bits per heavy atom. The highest BCUT2D eigenvalue weighted by atomic mass is 16.5. The van der Waals surface area contributed by atoms with E-state index in [1.807, 2.05) is 18.2 Å². The minimum atomic E-state index is -0.167. The Kier molecular flexibility index (Phi) is 6.89. The average Bonchev–Trinajstić information content (AvgIpc) is 3.51. The van der Waals surface area contributed by atoms with Gasteiger partial charge in [0.1, 0.15) is 11.4 Å². The van der Waals surface area contributed by atoms with E-state index >= 15 is 0 Å². The third-order valence-corrected chi connectivity index (χ3v) is 5.58. The number of hydrogen-bond donors (Lipinski definition) is 2. The van der Waals surface area contributed by atoms with Gasteiger partial charge in [0, 0.05) is 38.8 Å². The third kappa shape index (κ3) is 5.27. The molecule has 1 amide bonds. The lowest BCUT2D eigenvalue weighted by molar-refractivity contribution is 0.0947. The van der Waals surface area contributed by atoms with E-state index in [4.69, 9.17) is 9.15 Å². The number of para-hydroxylation sites is 2. The number of benzene rings is 1. The summed E-state index contributed by atoms with van der Waals surface area (Å²) in [5.41, 5.74) is 2.24. The molecule has 31 heavy (non-hydrogen) atoms. The number of unbranched alkanes of at least 4 members (excludes halogenated alkanes) is 1. The Labute approximate surface area is 182 Å². The van der Waals surface area contributed by atoms with Crippen LogP contribution in [0.3, 0.4) is 0 Å². The number of rotatable bonds is 9. The minimum absolute atomic E-state index is 0.167. The molecule has 3 aromatic rings. The topological polar surface area (TPSA) is 86.6 Å². The molecule has 164 valence electrons. The van der Waals surface area contributed by atoms with Crippen LogP contribution >= 0.6 is 0 Å². The fraction of sp³-hybridized carbons (Fsp3) is 0.391. The lowest BCUT2D eigenvalue weighted by Gasteiger charge is -2.36. The fourth-order valence-electron chi connectivity index (χ4n) is 3.85. The number of carbonyl (C=O) groups is 1. The molecule has 0 unspecified atom stereocenters. The second-order valence-corrected chi connectivity index (χ2v) is 7.61. The van der Waals surface area contributed by atoms with Crippen molar-refractivity contribution in [2.24, 2.45) is 0 Å². The van der Waals surface area contributed by atoms with Crippen molar-refractivity contribution < 1.29 is 13.9 Å². The van der Waals surface area contributed by atoms with E-state index in [-0.39, 0.29) is 5.91 Å². The average molecular weight is 424 g/mol. The number of methoxy groups -OCH3 is 1. The predicted molar refractivity (Wildman–Crippen MR) is 120 cm³/mol. The number of H-pyrrole nitrogens is 1. The predicted octanol–water partition coefficient (Wildman–Crippen LogP) is 3.01. The molecule has 0 atom stereocenters. The first-order valence-electron chi connectivity index (χ1n) is 10.7. The van der Waals surface area contributed by atoms with Gasteiger partial charge in [-0.15, -0.1) is 0 Å². The number of piperazine rings is 1. The summed E-state index contributed by atoms with van der Waals surface area (Å²) in [5.74, 6) is 1.43. The molecule has 1 saturated heterocycles. The molecule has 8 heteroatoms. The van der Waals surface area contributed by atoms with Crippen LogP contribution in [-0.2, 0) is 0 Å². The third-order valence-electron chi connectivity index (χ3n) is 5.58. The number of carbonyl (C=O) groups excluding carboxylic acids is 1. The van der Waals surface area contributed by atoms with Crippen molar-refractivity contribution >= 4 is 11.6 Å². The maximum absolute atomic E-state index is 12.3. The first-order chi connectivity index (χ1) is 15.2. The molecule has 1 aliphatic heterocycles. The van der Waals surface area contributed by atoms with Gasteiger partial charge in [-0.25, -0.2) is 0 Å². The summed E-state index contributed by atoms with van der Waals surface area (Å²) in [6.45, 7) is 5.74. The Morgan fingerprint density at radius 1 is 1.16 bits per heavy atom. The number of nitrogens with one attached hydrogen (secondary N) is 2. The number of amides is 1. The Balaban J connectivity index is 1.13. The molecule has 0 aliphatic carbocycles. The molecule has 4 rings (SSSR count). The zero-order valence-electron chi connectivity index (χ0n) is 17.8. The van der Waals surface area contributed by atoms with E-state index in [2.05, 4.69) is 37.4 Å². The Hall–Kier alpha value is -3.26. The van der Waals surface area contributed by atoms with E-state index in [9.17, 15) is 4.79 Å². The number of aromatic nitrogens is 2. The van der Waals surface area contributed by atoms with Crippen molar-refractivity contribution in [1.29, 1.82) is 0 Å². The van der Waals surface area contributed by atoms with Crippen LogP contribution < -0.4 is 15.0 Å². The summed E-state index contributed by atoms with van der Waals surface area (Å²) < 4.78 is 10.8. The number of furan rings is 1. The standard InChI is InChI=1S/C23H29N5O3/c1-30-22-8-3-2-7-20(22)28-14-12-27(13-15-28)11-5-4-10-24-23(29)19-17-18(25-26-19)21-9-6-16-31-21/h2-3,6-9,16-17H,4-5,10-15H2,1H3,(H,24,29)(H,25,26). The Bertz CT molecular complexity index is 961. The molecule has 3 heterocycles. The monoisotopic (exact) mass is 423 g/mol. The van der Waals surface area contributed by atoms with Gasteiger partial charge in [-0.05, 0) is 43.7 Å². The zero-order chi connectivity index (χ0) is 21.5. The second-order valence-electron chi connectivity index (χ2n) is 7.61. The summed E-state index contributed by atoms with van der Waals surface area (Å²) in [4.78, 5) is 17.1. The van der Waals surface area contributed by atoms with Crippen LogP contribution in [0, 0.1) is 0 Å². The molecular formula is C23H29N5O3. The van der Waals surface area contributed by atoms with Crippen molar-refractivity contribution in [2.45, 2.75) is 12.8 Å². The molecule has 1 aromatic carbocycles. The van der Waals surface area contributed by atoms with Crippen LogP contribution in [0.1, 0.15) is 23.3 Å². The van der Waals surface area contributed by atoms with Crippen molar-refractivity contribution in [3.63, 3.8) is 0 Å². The van der Waals surface area contributed by atoms with Gasteiger partial charge in [0.2, 0.25) is 0 Å². The molecule has 1 aliphatic rings. The van der Waals surface area contributed by atoms with Gasteiger partial charge in [0.15, 0.2) is 11.5 Å². The highest BCUT2D eigenvalue weighted by Crippen LogP contribution is 2.28. The molecule has 2 N–H and O–H groups in total. The molecular weight excluding hydrogens is 394 g/mol. The molecule has 8 nitrogen and oxygen atoms in total. The quantitative estimate of drug-likeness (QED) is 0.515. The Morgan fingerprint density at radius 3 is 2.77 bits per heavy atom. The normalized spacial score (nSPS) is 14.5.